The molecule has 0 aromatic rings. The van der Waals surface area contributed by atoms with Crippen LogP contribution in [0.15, 0.2) is 0 Å². The molecule has 0 aromatic carbocycles. The van der Waals surface area contributed by atoms with E-state index in [1.54, 1.807) is 76.2 Å². The van der Waals surface area contributed by atoms with E-state index < -0.39 is 177 Å². The maximum atomic E-state index is 13.4. The number of rotatable bonds is 36. The molecule has 0 aliphatic rings. The molecule has 0 heterocycles. The van der Waals surface area contributed by atoms with Crippen LogP contribution in [0.25, 0.3) is 0 Å². The molecule has 0 atom stereocenters. The molecule has 504 valence electrons. The van der Waals surface area contributed by atoms with Gasteiger partial charge in [-0.1, -0.05) is 27.7 Å². The van der Waals surface area contributed by atoms with Crippen molar-refractivity contribution in [1.82, 2.24) is 0 Å². The van der Waals surface area contributed by atoms with Crippen LogP contribution in [0.1, 0.15) is 162 Å². The van der Waals surface area contributed by atoms with Crippen molar-refractivity contribution < 1.29 is 144 Å². The van der Waals surface area contributed by atoms with Crippen molar-refractivity contribution in [3.63, 3.8) is 0 Å². The Labute approximate surface area is 495 Å². The van der Waals surface area contributed by atoms with Gasteiger partial charge in [0.05, 0.1) is 60.9 Å². The summed E-state index contributed by atoms with van der Waals surface area (Å²) in [6.45, 7) is 18.0. The molecule has 21 nitrogen and oxygen atoms in total. The molecule has 0 radical (unpaired) electrons. The lowest BCUT2D eigenvalue weighted by molar-refractivity contribution is -0.183. The molecule has 0 rings (SSSR count). The molecule has 0 spiro atoms. The summed E-state index contributed by atoms with van der Waals surface area (Å²) in [6.07, 6.45) is -3.19. The van der Waals surface area contributed by atoms with E-state index in [1.807, 2.05) is 13.8 Å². The maximum Gasteiger partial charge on any atom is 0.344 e. The van der Waals surface area contributed by atoms with Gasteiger partial charge in [0.25, 0.3) is 17.8 Å². The first kappa shape index (κ1) is 86.4. The van der Waals surface area contributed by atoms with Crippen LogP contribution in [0.2, 0.25) is 0 Å². The van der Waals surface area contributed by atoms with Gasteiger partial charge < -0.3 is 52.1 Å². The van der Waals surface area contributed by atoms with E-state index in [-0.39, 0.29) is 45.9 Å². The highest BCUT2D eigenvalue weighted by Gasteiger charge is 2.48. The molecule has 0 amide bonds. The minimum Gasteiger partial charge on any atom is -0.464 e. The Bertz CT molecular complexity index is 2100. The molecule has 0 fully saturated rings. The van der Waals surface area contributed by atoms with Crippen molar-refractivity contribution in [1.29, 1.82) is 0 Å². The first-order valence-electron chi connectivity index (χ1n) is 27.0. The molecule has 0 N–H and O–H groups in total. The van der Waals surface area contributed by atoms with Gasteiger partial charge in [-0.15, -0.1) is 0 Å². The van der Waals surface area contributed by atoms with Gasteiger partial charge in [0.1, 0.15) is 13.2 Å². The Morgan fingerprint density at radius 3 is 0.895 bits per heavy atom. The largest absolute Gasteiger partial charge is 0.464 e. The molecular weight excluding hydrogens is 1190 g/mol. The summed E-state index contributed by atoms with van der Waals surface area (Å²) in [5.41, 5.74) is -2.80. The maximum absolute atomic E-state index is 13.4. The van der Waals surface area contributed by atoms with Crippen LogP contribution in [-0.4, -0.2) is 169 Å². The molecular formula is C55H88F10O21. The molecule has 0 aliphatic heterocycles. The van der Waals surface area contributed by atoms with Crippen LogP contribution >= 0.6 is 0 Å². The van der Waals surface area contributed by atoms with Gasteiger partial charge in [0, 0.05) is 12.8 Å². The topological polar surface area (TPSA) is 272 Å². The van der Waals surface area contributed by atoms with E-state index in [4.69, 9.17) is 18.9 Å². The van der Waals surface area contributed by atoms with Gasteiger partial charge in [-0.2, -0.15) is 0 Å². The van der Waals surface area contributed by atoms with Gasteiger partial charge in [-0.05, 0) is 109 Å². The fourth-order valence-corrected chi connectivity index (χ4v) is 4.59. The zero-order valence-corrected chi connectivity index (χ0v) is 52.0. The summed E-state index contributed by atoms with van der Waals surface area (Å²) in [6, 6.07) is 0. The Morgan fingerprint density at radius 2 is 0.581 bits per heavy atom. The highest BCUT2D eigenvalue weighted by molar-refractivity contribution is 5.82. The standard InChI is InChI=1S/C15H22F6O4.C14H22F2O6.C14H24F2O5.C12H20O6/c1-5-12(2,3)11(23)24-6-10(22)25-9-15(20,21)8-14(18,19)7-13(4,16)17;1-5-13(2,3)12(19)22-9-11(18)21-8-10(17)20-7-6-14(4,15)16;1-5-13(2,3)12(18)21-9-8-19-10-11(17)20-7-6-14(4,15)16;1-5-12(3,4)11(15)18-8-10(14)17-7-9(13)16-6-2/h5-9H2,1-4H3;5-9H2,1-4H3;5-10H2,1-4H3;5-8H2,1-4H3. The van der Waals surface area contributed by atoms with Gasteiger partial charge in [-0.3, -0.25) is 19.2 Å². The van der Waals surface area contributed by atoms with E-state index in [0.717, 1.165) is 6.92 Å². The zero-order valence-electron chi connectivity index (χ0n) is 52.0. The number of hydrogen-bond donors (Lipinski definition) is 0. The normalized spacial score (nSPS) is 12.1. The van der Waals surface area contributed by atoms with E-state index in [2.05, 4.69) is 33.2 Å². The highest BCUT2D eigenvalue weighted by atomic mass is 19.3. The Kier molecular flexibility index (Phi) is 40.6. The van der Waals surface area contributed by atoms with Crippen LogP contribution in [0, 0.1) is 21.7 Å². The summed E-state index contributed by atoms with van der Waals surface area (Å²) in [5, 5.41) is 0. The predicted molar refractivity (Wildman–Crippen MR) is 283 cm³/mol. The molecule has 0 unspecified atom stereocenters. The summed E-state index contributed by atoms with van der Waals surface area (Å²) in [7, 11) is 0. The van der Waals surface area contributed by atoms with Crippen LogP contribution in [0.5, 0.6) is 0 Å². The van der Waals surface area contributed by atoms with Crippen LogP contribution in [-0.2, 0) is 100 Å². The fourth-order valence-electron chi connectivity index (χ4n) is 4.59. The second-order valence-electron chi connectivity index (χ2n) is 21.9. The first-order chi connectivity index (χ1) is 38.9. The number of alkyl halides is 10. The molecule has 0 aliphatic carbocycles. The number of ether oxygens (including phenoxy) is 11. The third-order valence-corrected chi connectivity index (χ3v) is 11.5. The van der Waals surface area contributed by atoms with Crippen molar-refractivity contribution >= 4 is 59.7 Å². The lowest BCUT2D eigenvalue weighted by Gasteiger charge is -2.25. The monoisotopic (exact) mass is 1270 g/mol. The van der Waals surface area contributed by atoms with Crippen molar-refractivity contribution in [2.24, 2.45) is 21.7 Å². The molecule has 0 saturated carbocycles. The lowest BCUT2D eigenvalue weighted by atomic mass is 9.91. The number of hydrogen-bond acceptors (Lipinski definition) is 21. The van der Waals surface area contributed by atoms with E-state index in [0.29, 0.717) is 32.6 Å². The summed E-state index contributed by atoms with van der Waals surface area (Å²) < 4.78 is 179. The molecule has 0 aromatic heterocycles. The highest BCUT2D eigenvalue weighted by Crippen LogP contribution is 2.38. The third-order valence-electron chi connectivity index (χ3n) is 11.5. The van der Waals surface area contributed by atoms with Crippen molar-refractivity contribution in [2.45, 2.75) is 192 Å². The van der Waals surface area contributed by atoms with Gasteiger partial charge in [0.15, 0.2) is 39.6 Å². The fraction of sp³-hybridized carbons (Fsp3) is 0.818. The number of esters is 10. The average Bonchev–Trinajstić information content (AvgIpc) is 3.44. The van der Waals surface area contributed by atoms with Crippen molar-refractivity contribution in [3.05, 3.63) is 0 Å². The number of carbonyl (C=O) groups excluding carboxylic acids is 10. The number of halogens is 10. The van der Waals surface area contributed by atoms with E-state index in [9.17, 15) is 91.8 Å². The number of carbonyl (C=O) groups is 10. The van der Waals surface area contributed by atoms with E-state index in [1.165, 1.54) is 0 Å². The Hall–Kier alpha value is -6.04. The average molecular weight is 1280 g/mol. The minimum absolute atomic E-state index is 0.0303. The second-order valence-corrected chi connectivity index (χ2v) is 21.9. The van der Waals surface area contributed by atoms with Crippen LogP contribution in [0.3, 0.4) is 0 Å². The van der Waals surface area contributed by atoms with Gasteiger partial charge in [0.2, 0.25) is 11.8 Å². The quantitative estimate of drug-likeness (QED) is 0.0244. The molecule has 0 bridgehead atoms. The zero-order chi connectivity index (χ0) is 68.2. The predicted octanol–water partition coefficient (Wildman–Crippen LogP) is 9.96. The second kappa shape index (κ2) is 40.4. The summed E-state index contributed by atoms with van der Waals surface area (Å²) in [4.78, 5) is 113. The SMILES string of the molecule is CCC(C)(C)C(=O)OCC(=O)OCC(=O)OCCC(C)(F)F.CCC(C)(C)C(=O)OCC(=O)OCC(F)(F)CC(F)(F)CC(C)(F)F.CCC(C)(C)C(=O)OCCOCC(=O)OCCC(C)(F)F.CCOC(=O)COC(=O)COC(=O)C(C)(C)CC. The Morgan fingerprint density at radius 1 is 0.291 bits per heavy atom. The van der Waals surface area contributed by atoms with Gasteiger partial charge >= 0.3 is 59.7 Å². The van der Waals surface area contributed by atoms with Crippen molar-refractivity contribution in [2.75, 3.05) is 79.3 Å². The van der Waals surface area contributed by atoms with Crippen LogP contribution in [0.4, 0.5) is 43.9 Å². The first-order valence-corrected chi connectivity index (χ1v) is 27.0. The molecule has 86 heavy (non-hydrogen) atoms. The minimum atomic E-state index is -4.34. The smallest absolute Gasteiger partial charge is 0.344 e. The summed E-state index contributed by atoms with van der Waals surface area (Å²) >= 11 is 0. The van der Waals surface area contributed by atoms with E-state index >= 15 is 0 Å². The van der Waals surface area contributed by atoms with Crippen LogP contribution < -0.4 is 0 Å². The molecule has 0 saturated heterocycles. The van der Waals surface area contributed by atoms with Gasteiger partial charge in [-0.25, -0.2) is 72.7 Å². The van der Waals surface area contributed by atoms with Crippen molar-refractivity contribution in [3.8, 4) is 0 Å². The summed E-state index contributed by atoms with van der Waals surface area (Å²) in [5.74, 6) is -25.6. The molecule has 31 heteroatoms. The third kappa shape index (κ3) is 48.1. The lowest BCUT2D eigenvalue weighted by Crippen LogP contribution is -2.37. The Balaban J connectivity index is -0.000000524.